The maximum atomic E-state index is 14.2. The molecule has 0 saturated carbocycles. The molecule has 0 amide bonds. The zero-order valence-corrected chi connectivity index (χ0v) is 36.7. The van der Waals surface area contributed by atoms with Crippen LogP contribution < -0.4 is 24.3 Å². The van der Waals surface area contributed by atoms with Crippen LogP contribution in [0.1, 0.15) is 48.5 Å². The van der Waals surface area contributed by atoms with Crippen molar-refractivity contribution in [1.29, 1.82) is 0 Å². The average molecular weight is 904 g/mol. The summed E-state index contributed by atoms with van der Waals surface area (Å²) in [6, 6.07) is 13.9. The van der Waals surface area contributed by atoms with E-state index in [1.165, 1.54) is 22.7 Å². The summed E-state index contributed by atoms with van der Waals surface area (Å²) in [6.07, 6.45) is 5.66. The molecule has 0 radical (unpaired) electrons. The molecule has 0 spiro atoms. The number of sulfonamides is 1. The zero-order valence-electron chi connectivity index (χ0n) is 33.5. The number of thiophene rings is 1. The minimum absolute atomic E-state index is 0.0627. The number of morpholine rings is 2. The second-order valence-corrected chi connectivity index (χ2v) is 20.1. The van der Waals surface area contributed by atoms with Crippen LogP contribution >= 0.6 is 34.3 Å². The quantitative estimate of drug-likeness (QED) is 0.153. The highest BCUT2D eigenvalue weighted by Crippen LogP contribution is 2.38. The maximum Gasteiger partial charge on any atom is 0.250 e. The molecule has 61 heavy (non-hydrogen) atoms. The number of rotatable bonds is 10. The molecule has 320 valence electrons. The monoisotopic (exact) mass is 902 g/mol. The van der Waals surface area contributed by atoms with Crippen LogP contribution in [0, 0.1) is 5.92 Å². The van der Waals surface area contributed by atoms with Crippen LogP contribution in [0.2, 0.25) is 5.28 Å². The van der Waals surface area contributed by atoms with Gasteiger partial charge in [-0.05, 0) is 85.1 Å². The standard InChI is InChI=1S/C42H47ClN10O5S3/c43-42-47-35-22-29(50-13-16-57-17-14-50)5-8-32(35)39(48-42)53-12-2-4-28(24-53)49-61(55,56)41-33(9-19-60-41)36-25-51(15-18-58-36)30-6-7-31-34(21-30)45-26-46-38(31)52-11-1-3-27(23-52)37(54)40-44-10-20-59-40/h5-10,19-22,26-28,36-37,49,54H,1-4,11-18,23-25H2. The Morgan fingerprint density at radius 2 is 1.52 bits per heavy atom. The van der Waals surface area contributed by atoms with E-state index in [-0.39, 0.29) is 21.5 Å². The van der Waals surface area contributed by atoms with Crippen LogP contribution in [0.25, 0.3) is 21.8 Å². The van der Waals surface area contributed by atoms with Crippen molar-refractivity contribution in [1.82, 2.24) is 29.6 Å². The molecule has 19 heteroatoms. The summed E-state index contributed by atoms with van der Waals surface area (Å²) in [5.41, 5.74) is 4.28. The van der Waals surface area contributed by atoms with Gasteiger partial charge in [0, 0.05) is 104 Å². The molecule has 4 atom stereocenters. The number of nitrogens with zero attached hydrogens (tertiary/aromatic N) is 9. The molecule has 2 aromatic carbocycles. The second kappa shape index (κ2) is 17.5. The van der Waals surface area contributed by atoms with Gasteiger partial charge in [-0.2, -0.15) is 4.98 Å². The molecule has 6 aromatic rings. The molecule has 4 aliphatic heterocycles. The number of anilines is 4. The first-order valence-corrected chi connectivity index (χ1v) is 24.5. The predicted molar refractivity (Wildman–Crippen MR) is 240 cm³/mol. The molecule has 2 N–H and O–H groups in total. The summed E-state index contributed by atoms with van der Waals surface area (Å²) in [7, 11) is -3.89. The maximum absolute atomic E-state index is 14.2. The Balaban J connectivity index is 0.825. The van der Waals surface area contributed by atoms with Crippen LogP contribution in [0.3, 0.4) is 0 Å². The van der Waals surface area contributed by atoms with E-state index >= 15 is 0 Å². The van der Waals surface area contributed by atoms with Crippen molar-refractivity contribution in [2.24, 2.45) is 5.92 Å². The van der Waals surface area contributed by atoms with Gasteiger partial charge in [0.15, 0.2) is 0 Å². The highest BCUT2D eigenvalue weighted by molar-refractivity contribution is 7.91. The molecule has 4 unspecified atom stereocenters. The fourth-order valence-corrected chi connectivity index (χ4v) is 12.9. The van der Waals surface area contributed by atoms with Crippen molar-refractivity contribution >= 4 is 89.1 Å². The van der Waals surface area contributed by atoms with E-state index in [2.05, 4.69) is 68.5 Å². The number of aromatic nitrogens is 5. The van der Waals surface area contributed by atoms with Gasteiger partial charge < -0.3 is 34.2 Å². The van der Waals surface area contributed by atoms with Crippen molar-refractivity contribution in [3.05, 3.63) is 81.6 Å². The first-order valence-electron chi connectivity index (χ1n) is 20.9. The molecule has 0 bridgehead atoms. The van der Waals surface area contributed by atoms with E-state index in [4.69, 9.17) is 26.1 Å². The molecule has 4 saturated heterocycles. The van der Waals surface area contributed by atoms with Gasteiger partial charge in [0.1, 0.15) is 39.4 Å². The summed E-state index contributed by atoms with van der Waals surface area (Å²) in [5, 5.41) is 17.5. The topological polar surface area (TPSA) is 162 Å². The van der Waals surface area contributed by atoms with Gasteiger partial charge in [-0.15, -0.1) is 22.7 Å². The fraction of sp³-hybridized carbons (Fsp3) is 0.452. The summed E-state index contributed by atoms with van der Waals surface area (Å²) in [6.45, 7) is 7.28. The van der Waals surface area contributed by atoms with Crippen LogP contribution in [0.4, 0.5) is 23.0 Å². The number of aliphatic hydroxyl groups is 1. The molecular formula is C42H47ClN10O5S3. The van der Waals surface area contributed by atoms with Crippen molar-refractivity contribution in [3.8, 4) is 0 Å². The third-order valence-electron chi connectivity index (χ3n) is 12.2. The minimum Gasteiger partial charge on any atom is -0.386 e. The predicted octanol–water partition coefficient (Wildman–Crippen LogP) is 6.06. The van der Waals surface area contributed by atoms with E-state index in [0.29, 0.717) is 63.8 Å². The first kappa shape index (κ1) is 40.8. The Bertz CT molecular complexity index is 2610. The smallest absolute Gasteiger partial charge is 0.250 e. The fourth-order valence-electron chi connectivity index (χ4n) is 9.23. The van der Waals surface area contributed by atoms with Crippen molar-refractivity contribution < 1.29 is 23.0 Å². The van der Waals surface area contributed by atoms with Crippen LogP contribution in [0.5, 0.6) is 0 Å². The van der Waals surface area contributed by atoms with Gasteiger partial charge in [0.2, 0.25) is 5.28 Å². The Morgan fingerprint density at radius 1 is 0.770 bits per heavy atom. The van der Waals surface area contributed by atoms with E-state index in [1.807, 2.05) is 29.0 Å². The van der Waals surface area contributed by atoms with Crippen LogP contribution in [-0.2, 0) is 19.5 Å². The van der Waals surface area contributed by atoms with Crippen molar-refractivity contribution in [2.75, 3.05) is 91.8 Å². The highest BCUT2D eigenvalue weighted by Gasteiger charge is 2.34. The summed E-state index contributed by atoms with van der Waals surface area (Å²) in [5.74, 6) is 1.63. The van der Waals surface area contributed by atoms with Gasteiger partial charge in [-0.3, -0.25) is 0 Å². The summed E-state index contributed by atoms with van der Waals surface area (Å²) < 4.78 is 43.6. The first-order chi connectivity index (χ1) is 29.8. The summed E-state index contributed by atoms with van der Waals surface area (Å²) in [4.78, 5) is 31.8. The van der Waals surface area contributed by atoms with Crippen molar-refractivity contribution in [2.45, 2.75) is 48.1 Å². The number of thiazole rings is 1. The lowest BCUT2D eigenvalue weighted by Crippen LogP contribution is -2.48. The molecule has 4 fully saturated rings. The van der Waals surface area contributed by atoms with Crippen molar-refractivity contribution in [3.63, 3.8) is 0 Å². The Labute approximate surface area is 367 Å². The Hall–Kier alpha value is -4.27. The number of piperidine rings is 2. The van der Waals surface area contributed by atoms with E-state index < -0.39 is 22.2 Å². The van der Waals surface area contributed by atoms with Gasteiger partial charge in [0.25, 0.3) is 10.0 Å². The van der Waals surface area contributed by atoms with E-state index in [9.17, 15) is 13.5 Å². The van der Waals surface area contributed by atoms with Crippen LogP contribution in [0.15, 0.2) is 70.0 Å². The van der Waals surface area contributed by atoms with Crippen LogP contribution in [-0.4, -0.2) is 117 Å². The van der Waals surface area contributed by atoms with Gasteiger partial charge in [-0.25, -0.2) is 33.1 Å². The lowest BCUT2D eigenvalue weighted by Gasteiger charge is -2.36. The lowest BCUT2D eigenvalue weighted by atomic mass is 9.92. The second-order valence-electron chi connectivity index (χ2n) is 16.1. The number of hydrogen-bond acceptors (Lipinski definition) is 16. The Kier molecular flexibility index (Phi) is 11.7. The average Bonchev–Trinajstić information content (AvgIpc) is 4.03. The lowest BCUT2D eigenvalue weighted by molar-refractivity contribution is 0.0385. The third-order valence-corrected chi connectivity index (χ3v) is 16.3. The number of ether oxygens (including phenoxy) is 2. The van der Waals surface area contributed by atoms with E-state index in [0.717, 1.165) is 89.4 Å². The number of nitrogens with one attached hydrogen (secondary N) is 1. The molecule has 4 aliphatic rings. The van der Waals surface area contributed by atoms with Gasteiger partial charge >= 0.3 is 0 Å². The molecule has 4 aromatic heterocycles. The molecule has 10 rings (SSSR count). The SMILES string of the molecule is O=S(=O)(NC1CCCN(c2nc(Cl)nc3cc(N4CCOCC4)ccc23)C1)c1sccc1C1CN(c2ccc3c(N4CCCC(C(O)c5nccs5)C4)ncnc3c2)CCO1. The Morgan fingerprint density at radius 3 is 2.34 bits per heavy atom. The molecular weight excluding hydrogens is 856 g/mol. The summed E-state index contributed by atoms with van der Waals surface area (Å²) >= 11 is 9.20. The number of benzene rings is 2. The molecule has 8 heterocycles. The largest absolute Gasteiger partial charge is 0.386 e. The minimum atomic E-state index is -3.89. The number of halogens is 1. The number of fused-ring (bicyclic) bond motifs is 2. The number of hydrogen-bond donors (Lipinski definition) is 2. The van der Waals surface area contributed by atoms with E-state index in [1.54, 1.807) is 12.5 Å². The number of aliphatic hydroxyl groups excluding tert-OH is 1. The highest BCUT2D eigenvalue weighted by atomic mass is 35.5. The third kappa shape index (κ3) is 8.48. The van der Waals surface area contributed by atoms with Gasteiger partial charge in [-0.1, -0.05) is 0 Å². The molecule has 15 nitrogen and oxygen atoms in total. The van der Waals surface area contributed by atoms with Gasteiger partial charge in [0.05, 0.1) is 30.9 Å². The molecule has 0 aliphatic carbocycles. The zero-order chi connectivity index (χ0) is 41.5. The normalized spacial score (nSPS) is 22.3.